The minimum absolute atomic E-state index is 0.640. The second-order valence-electron chi connectivity index (χ2n) is 4.61. The average Bonchev–Trinajstić information content (AvgIpc) is 2.76. The van der Waals surface area contributed by atoms with E-state index >= 15 is 0 Å². The molecule has 0 saturated carbocycles. The molecule has 0 atom stereocenters. The summed E-state index contributed by atoms with van der Waals surface area (Å²) in [5, 5.41) is 0. The molecular weight excluding hydrogens is 200 g/mol. The minimum Gasteiger partial charge on any atom is -0.353 e. The summed E-state index contributed by atoms with van der Waals surface area (Å²) in [6.07, 6.45) is 4.27. The van der Waals surface area contributed by atoms with E-state index in [1.165, 1.54) is 31.7 Å². The molecule has 1 fully saturated rings. The molecule has 1 aromatic rings. The monoisotopic (exact) mass is 222 g/mol. The fourth-order valence-corrected chi connectivity index (χ4v) is 2.08. The van der Waals surface area contributed by atoms with Crippen molar-refractivity contribution in [3.05, 3.63) is 24.0 Å². The number of hydrogen-bond acceptors (Lipinski definition) is 3. The average molecular weight is 222 g/mol. The van der Waals surface area contributed by atoms with E-state index in [-0.39, 0.29) is 0 Å². The second kappa shape index (κ2) is 5.48. The van der Waals surface area contributed by atoms with Gasteiger partial charge in [-0.05, 0) is 18.7 Å². The van der Waals surface area contributed by atoms with Crippen molar-refractivity contribution >= 4 is 0 Å². The van der Waals surface area contributed by atoms with Gasteiger partial charge in [0.2, 0.25) is 0 Å². The van der Waals surface area contributed by atoms with Crippen molar-refractivity contribution in [1.29, 1.82) is 0 Å². The normalized spacial score (nSPS) is 19.1. The lowest BCUT2D eigenvalue weighted by atomic mass is 10.3. The first-order valence-electron chi connectivity index (χ1n) is 6.03. The predicted molar refractivity (Wildman–Crippen MR) is 66.3 cm³/mol. The number of hydrogen-bond donors (Lipinski definition) is 1. The van der Waals surface area contributed by atoms with Gasteiger partial charge in [0.25, 0.3) is 0 Å². The van der Waals surface area contributed by atoms with Crippen LogP contribution in [0.5, 0.6) is 0 Å². The molecule has 0 unspecified atom stereocenters. The van der Waals surface area contributed by atoms with Crippen molar-refractivity contribution in [2.75, 3.05) is 39.8 Å². The van der Waals surface area contributed by atoms with Crippen LogP contribution in [0.1, 0.15) is 5.56 Å². The zero-order valence-corrected chi connectivity index (χ0v) is 10.1. The highest BCUT2D eigenvalue weighted by atomic mass is 15.2. The molecule has 0 spiro atoms. The lowest BCUT2D eigenvalue weighted by molar-refractivity contribution is 0.150. The molecule has 0 aromatic carbocycles. The van der Waals surface area contributed by atoms with E-state index in [1.54, 1.807) is 0 Å². The maximum Gasteiger partial charge on any atom is 0.0347 e. The third-order valence-corrected chi connectivity index (χ3v) is 3.32. The van der Waals surface area contributed by atoms with Gasteiger partial charge in [-0.2, -0.15) is 0 Å². The van der Waals surface area contributed by atoms with Crippen LogP contribution in [0.3, 0.4) is 0 Å². The van der Waals surface area contributed by atoms with Gasteiger partial charge in [0, 0.05) is 58.2 Å². The number of rotatable bonds is 4. The Labute approximate surface area is 97.6 Å². The lowest BCUT2D eigenvalue weighted by Crippen LogP contribution is -2.45. The molecule has 2 N–H and O–H groups in total. The smallest absolute Gasteiger partial charge is 0.0347 e. The van der Waals surface area contributed by atoms with Crippen LogP contribution in [0.25, 0.3) is 0 Å². The Morgan fingerprint density at radius 1 is 1.19 bits per heavy atom. The van der Waals surface area contributed by atoms with Gasteiger partial charge in [0.05, 0.1) is 0 Å². The van der Waals surface area contributed by atoms with Crippen LogP contribution in [0.4, 0.5) is 0 Å². The summed E-state index contributed by atoms with van der Waals surface area (Å²) in [5.41, 5.74) is 6.81. The van der Waals surface area contributed by atoms with Crippen molar-refractivity contribution in [3.63, 3.8) is 0 Å². The van der Waals surface area contributed by atoms with Crippen LogP contribution in [-0.2, 0) is 13.1 Å². The first-order valence-corrected chi connectivity index (χ1v) is 6.03. The Morgan fingerprint density at radius 3 is 2.56 bits per heavy atom. The quantitative estimate of drug-likeness (QED) is 0.790. The fraction of sp³-hybridized carbons (Fsp3) is 0.667. The van der Waals surface area contributed by atoms with Gasteiger partial charge >= 0.3 is 0 Å². The molecule has 90 valence electrons. The van der Waals surface area contributed by atoms with Crippen LogP contribution in [0.2, 0.25) is 0 Å². The summed E-state index contributed by atoms with van der Waals surface area (Å²) in [4.78, 5) is 4.92. The van der Waals surface area contributed by atoms with Crippen LogP contribution in [0, 0.1) is 0 Å². The summed E-state index contributed by atoms with van der Waals surface area (Å²) in [5.74, 6) is 0. The van der Waals surface area contributed by atoms with Gasteiger partial charge < -0.3 is 15.2 Å². The fourth-order valence-electron chi connectivity index (χ4n) is 2.08. The molecule has 1 aromatic heterocycles. The van der Waals surface area contributed by atoms with Crippen molar-refractivity contribution in [2.45, 2.75) is 13.1 Å². The van der Waals surface area contributed by atoms with E-state index in [4.69, 9.17) is 5.73 Å². The molecule has 0 radical (unpaired) electrons. The third kappa shape index (κ3) is 3.07. The Hall–Kier alpha value is -0.840. The molecule has 1 aliphatic rings. The summed E-state index contributed by atoms with van der Waals surface area (Å²) in [6.45, 7) is 7.64. The standard InChI is InChI=1S/C12H22N4/c1-14-4-6-15(7-5-14)8-9-16-3-2-12(10-13)11-16/h2-3,11H,4-10,13H2,1H3. The van der Waals surface area contributed by atoms with E-state index in [9.17, 15) is 0 Å². The number of nitrogens with zero attached hydrogens (tertiary/aromatic N) is 3. The molecule has 0 aliphatic carbocycles. The zero-order valence-electron chi connectivity index (χ0n) is 10.1. The van der Waals surface area contributed by atoms with Crippen molar-refractivity contribution in [1.82, 2.24) is 14.4 Å². The number of likely N-dealkylation sites (N-methyl/N-ethyl adjacent to an activating group) is 1. The lowest BCUT2D eigenvalue weighted by Gasteiger charge is -2.32. The molecule has 2 heterocycles. The number of piperazine rings is 1. The van der Waals surface area contributed by atoms with Crippen molar-refractivity contribution in [3.8, 4) is 0 Å². The van der Waals surface area contributed by atoms with E-state index < -0.39 is 0 Å². The third-order valence-electron chi connectivity index (χ3n) is 3.32. The molecule has 1 saturated heterocycles. The summed E-state index contributed by atoms with van der Waals surface area (Å²) in [6, 6.07) is 2.10. The zero-order chi connectivity index (χ0) is 11.4. The van der Waals surface area contributed by atoms with E-state index in [1.807, 2.05) is 0 Å². The Kier molecular flexibility index (Phi) is 3.98. The molecule has 16 heavy (non-hydrogen) atoms. The molecule has 0 bridgehead atoms. The maximum absolute atomic E-state index is 5.59. The minimum atomic E-state index is 0.640. The first-order chi connectivity index (χ1) is 7.78. The molecule has 4 nitrogen and oxygen atoms in total. The summed E-state index contributed by atoms with van der Waals surface area (Å²) >= 11 is 0. The van der Waals surface area contributed by atoms with E-state index in [0.717, 1.165) is 13.1 Å². The van der Waals surface area contributed by atoms with Gasteiger partial charge in [0.1, 0.15) is 0 Å². The van der Waals surface area contributed by atoms with Crippen LogP contribution < -0.4 is 5.73 Å². The van der Waals surface area contributed by atoms with Crippen molar-refractivity contribution in [2.24, 2.45) is 5.73 Å². The summed E-state index contributed by atoms with van der Waals surface area (Å²) in [7, 11) is 2.19. The van der Waals surface area contributed by atoms with E-state index in [2.05, 4.69) is 39.9 Å². The number of nitrogens with two attached hydrogens (primary N) is 1. The number of aromatic nitrogens is 1. The highest BCUT2D eigenvalue weighted by Gasteiger charge is 2.12. The van der Waals surface area contributed by atoms with Crippen molar-refractivity contribution < 1.29 is 0 Å². The topological polar surface area (TPSA) is 37.4 Å². The Bertz CT molecular complexity index is 313. The van der Waals surface area contributed by atoms with Gasteiger partial charge in [-0.15, -0.1) is 0 Å². The van der Waals surface area contributed by atoms with Crippen LogP contribution in [-0.4, -0.2) is 54.1 Å². The Balaban J connectivity index is 1.74. The van der Waals surface area contributed by atoms with Gasteiger partial charge in [-0.3, -0.25) is 4.90 Å². The van der Waals surface area contributed by atoms with Gasteiger partial charge in [0.15, 0.2) is 0 Å². The Morgan fingerprint density at radius 2 is 1.94 bits per heavy atom. The highest BCUT2D eigenvalue weighted by molar-refractivity contribution is 5.09. The molecule has 0 amide bonds. The highest BCUT2D eigenvalue weighted by Crippen LogP contribution is 2.02. The SMILES string of the molecule is CN1CCN(CCn2ccc(CN)c2)CC1. The van der Waals surface area contributed by atoms with Gasteiger partial charge in [-0.25, -0.2) is 0 Å². The molecular formula is C12H22N4. The first kappa shape index (κ1) is 11.6. The molecule has 2 rings (SSSR count). The van der Waals surface area contributed by atoms with Crippen LogP contribution in [0.15, 0.2) is 18.5 Å². The molecule has 1 aliphatic heterocycles. The maximum atomic E-state index is 5.59. The van der Waals surface area contributed by atoms with E-state index in [0.29, 0.717) is 6.54 Å². The predicted octanol–water partition coefficient (Wildman–Crippen LogP) is 0.194. The van der Waals surface area contributed by atoms with Crippen LogP contribution >= 0.6 is 0 Å². The largest absolute Gasteiger partial charge is 0.353 e. The second-order valence-corrected chi connectivity index (χ2v) is 4.61. The van der Waals surface area contributed by atoms with Gasteiger partial charge in [-0.1, -0.05) is 0 Å². The summed E-state index contributed by atoms with van der Waals surface area (Å²) < 4.78 is 2.24. The molecule has 4 heteroatoms.